The molecule has 0 radical (unpaired) electrons. The van der Waals surface area contributed by atoms with E-state index in [1.54, 1.807) is 6.07 Å². The average Bonchev–Trinajstić information content (AvgIpc) is 2.53. The Morgan fingerprint density at radius 2 is 2.00 bits per heavy atom. The Hall–Kier alpha value is -1.86. The number of amides is 1. The summed E-state index contributed by atoms with van der Waals surface area (Å²) in [6.07, 6.45) is 3.57. The summed E-state index contributed by atoms with van der Waals surface area (Å²) < 4.78 is 0. The number of carbonyl (C=O) groups excluding carboxylic acids is 1. The molecule has 1 aliphatic rings. The van der Waals surface area contributed by atoms with Gasteiger partial charge in [-0.15, -0.1) is 0 Å². The summed E-state index contributed by atoms with van der Waals surface area (Å²) in [5, 5.41) is 16.8. The monoisotopic (exact) mass is 340 g/mol. The number of hydrogen-bond donors (Lipinski definition) is 2. The van der Waals surface area contributed by atoms with Crippen LogP contribution in [0.4, 0.5) is 11.4 Å². The molecule has 0 aliphatic carbocycles. The quantitative estimate of drug-likeness (QED) is 0.451. The number of hydrogen-bond acceptors (Lipinski definition) is 5. The highest BCUT2D eigenvalue weighted by Crippen LogP contribution is 2.26. The Morgan fingerprint density at radius 3 is 2.65 bits per heavy atom. The van der Waals surface area contributed by atoms with Crippen molar-refractivity contribution in [2.24, 2.45) is 0 Å². The second kappa shape index (κ2) is 8.69. The first-order chi connectivity index (χ1) is 11.1. The number of nitro benzene ring substituents is 1. The summed E-state index contributed by atoms with van der Waals surface area (Å²) in [5.74, 6) is 0.0171. The zero-order valence-electron chi connectivity index (χ0n) is 12.9. The third-order valence-electron chi connectivity index (χ3n) is 3.74. The number of nitrogens with one attached hydrogen (secondary N) is 2. The smallest absolute Gasteiger partial charge is 0.271 e. The molecule has 1 fully saturated rings. The average molecular weight is 341 g/mol. The van der Waals surface area contributed by atoms with Crippen LogP contribution in [0.15, 0.2) is 18.2 Å². The standard InChI is InChI=1S/C15H21ClN4O3/c16-13-10-12(20(22)23)4-5-14(13)17-6-7-18-15(21)11-19-8-2-1-3-9-19/h4-5,10,17H,1-3,6-9,11H2,(H,18,21). The SMILES string of the molecule is O=C(CN1CCCCC1)NCCNc1ccc([N+](=O)[O-])cc1Cl. The first-order valence-electron chi connectivity index (χ1n) is 7.73. The van der Waals surface area contributed by atoms with Gasteiger partial charge < -0.3 is 10.6 Å². The number of likely N-dealkylation sites (tertiary alicyclic amines) is 1. The molecule has 0 atom stereocenters. The van der Waals surface area contributed by atoms with E-state index in [4.69, 9.17) is 11.6 Å². The summed E-state index contributed by atoms with van der Waals surface area (Å²) >= 11 is 5.98. The lowest BCUT2D eigenvalue weighted by atomic mass is 10.1. The number of carbonyl (C=O) groups is 1. The number of rotatable bonds is 7. The number of halogens is 1. The minimum Gasteiger partial charge on any atom is -0.382 e. The van der Waals surface area contributed by atoms with E-state index in [1.165, 1.54) is 18.6 Å². The van der Waals surface area contributed by atoms with Crippen molar-refractivity contribution in [1.82, 2.24) is 10.2 Å². The van der Waals surface area contributed by atoms with Gasteiger partial charge in [-0.3, -0.25) is 19.8 Å². The molecule has 1 aliphatic heterocycles. The van der Waals surface area contributed by atoms with Gasteiger partial charge in [0.05, 0.1) is 22.2 Å². The first-order valence-corrected chi connectivity index (χ1v) is 8.11. The first kappa shape index (κ1) is 17.5. The van der Waals surface area contributed by atoms with Gasteiger partial charge >= 0.3 is 0 Å². The van der Waals surface area contributed by atoms with Crippen molar-refractivity contribution in [3.63, 3.8) is 0 Å². The maximum Gasteiger partial charge on any atom is 0.271 e. The van der Waals surface area contributed by atoms with Crippen molar-refractivity contribution < 1.29 is 9.72 Å². The fraction of sp³-hybridized carbons (Fsp3) is 0.533. The van der Waals surface area contributed by atoms with E-state index in [-0.39, 0.29) is 11.6 Å². The Bertz CT molecular complexity index is 562. The van der Waals surface area contributed by atoms with Crippen LogP contribution in [0, 0.1) is 10.1 Å². The molecule has 1 heterocycles. The second-order valence-corrected chi connectivity index (χ2v) is 5.94. The highest BCUT2D eigenvalue weighted by Gasteiger charge is 2.13. The summed E-state index contributed by atoms with van der Waals surface area (Å²) in [6, 6.07) is 4.26. The minimum absolute atomic E-state index is 0.0171. The molecule has 0 aromatic heterocycles. The number of benzene rings is 1. The van der Waals surface area contributed by atoms with Crippen molar-refractivity contribution in [1.29, 1.82) is 0 Å². The summed E-state index contributed by atoms with van der Waals surface area (Å²) in [7, 11) is 0. The fourth-order valence-electron chi connectivity index (χ4n) is 2.54. The molecule has 7 nitrogen and oxygen atoms in total. The summed E-state index contributed by atoms with van der Waals surface area (Å²) in [4.78, 5) is 24.1. The van der Waals surface area contributed by atoms with Gasteiger partial charge in [0.2, 0.25) is 5.91 Å². The molecule has 0 bridgehead atoms. The number of non-ortho nitro benzene ring substituents is 1. The van der Waals surface area contributed by atoms with Crippen LogP contribution in [0.3, 0.4) is 0 Å². The van der Waals surface area contributed by atoms with Crippen molar-refractivity contribution in [3.05, 3.63) is 33.3 Å². The molecule has 1 saturated heterocycles. The molecule has 126 valence electrons. The summed E-state index contributed by atoms with van der Waals surface area (Å²) in [5.41, 5.74) is 0.568. The maximum atomic E-state index is 11.8. The van der Waals surface area contributed by atoms with E-state index in [0.717, 1.165) is 25.9 Å². The van der Waals surface area contributed by atoms with E-state index in [1.807, 2.05) is 0 Å². The third-order valence-corrected chi connectivity index (χ3v) is 4.05. The van der Waals surface area contributed by atoms with Gasteiger partial charge in [-0.05, 0) is 32.0 Å². The van der Waals surface area contributed by atoms with Gasteiger partial charge in [-0.1, -0.05) is 18.0 Å². The number of anilines is 1. The van der Waals surface area contributed by atoms with Crippen LogP contribution in [0.5, 0.6) is 0 Å². The molecule has 1 aromatic rings. The van der Waals surface area contributed by atoms with Crippen molar-refractivity contribution >= 4 is 28.9 Å². The van der Waals surface area contributed by atoms with E-state index in [0.29, 0.717) is 30.3 Å². The molecule has 23 heavy (non-hydrogen) atoms. The van der Waals surface area contributed by atoms with E-state index >= 15 is 0 Å². The molecule has 2 N–H and O–H groups in total. The Morgan fingerprint density at radius 1 is 1.26 bits per heavy atom. The predicted molar refractivity (Wildman–Crippen MR) is 89.9 cm³/mol. The van der Waals surface area contributed by atoms with Crippen LogP contribution in [0.2, 0.25) is 5.02 Å². The second-order valence-electron chi connectivity index (χ2n) is 5.53. The number of nitrogens with zero attached hydrogens (tertiary/aromatic N) is 2. The van der Waals surface area contributed by atoms with Gasteiger partial charge in [0.15, 0.2) is 0 Å². The van der Waals surface area contributed by atoms with Gasteiger partial charge in [-0.25, -0.2) is 0 Å². The van der Waals surface area contributed by atoms with Crippen LogP contribution >= 0.6 is 11.6 Å². The fourth-order valence-corrected chi connectivity index (χ4v) is 2.78. The molecule has 0 unspecified atom stereocenters. The van der Waals surface area contributed by atoms with Gasteiger partial charge in [-0.2, -0.15) is 0 Å². The Labute approximate surface area is 140 Å². The Kier molecular flexibility index (Phi) is 6.61. The minimum atomic E-state index is -0.490. The number of piperidine rings is 1. The zero-order chi connectivity index (χ0) is 16.7. The van der Waals surface area contributed by atoms with Crippen LogP contribution < -0.4 is 10.6 Å². The molecule has 2 rings (SSSR count). The lowest BCUT2D eigenvalue weighted by molar-refractivity contribution is -0.384. The van der Waals surface area contributed by atoms with Gasteiger partial charge in [0.25, 0.3) is 5.69 Å². The Balaban J connectivity index is 1.68. The lowest BCUT2D eigenvalue weighted by Gasteiger charge is -2.25. The number of nitro groups is 1. The van der Waals surface area contributed by atoms with Crippen LogP contribution in [0.25, 0.3) is 0 Å². The highest BCUT2D eigenvalue weighted by atomic mass is 35.5. The molecule has 0 saturated carbocycles. The largest absolute Gasteiger partial charge is 0.382 e. The third kappa shape index (κ3) is 5.69. The highest BCUT2D eigenvalue weighted by molar-refractivity contribution is 6.33. The topological polar surface area (TPSA) is 87.5 Å². The molecule has 1 amide bonds. The van der Waals surface area contributed by atoms with E-state index in [9.17, 15) is 14.9 Å². The van der Waals surface area contributed by atoms with Crippen molar-refractivity contribution in [2.45, 2.75) is 19.3 Å². The van der Waals surface area contributed by atoms with Crippen LogP contribution in [0.1, 0.15) is 19.3 Å². The van der Waals surface area contributed by atoms with E-state index < -0.39 is 4.92 Å². The van der Waals surface area contributed by atoms with E-state index in [2.05, 4.69) is 15.5 Å². The van der Waals surface area contributed by atoms with Crippen LogP contribution in [-0.4, -0.2) is 48.5 Å². The summed E-state index contributed by atoms with van der Waals surface area (Å²) in [6.45, 7) is 3.40. The van der Waals surface area contributed by atoms with Crippen molar-refractivity contribution in [3.8, 4) is 0 Å². The normalized spacial score (nSPS) is 15.2. The molecular formula is C15H21ClN4O3. The predicted octanol–water partition coefficient (Wildman–Crippen LogP) is 2.26. The molecule has 0 spiro atoms. The maximum absolute atomic E-state index is 11.8. The molecule has 1 aromatic carbocycles. The van der Waals surface area contributed by atoms with Gasteiger partial charge in [0.1, 0.15) is 0 Å². The molecule has 8 heteroatoms. The van der Waals surface area contributed by atoms with Crippen molar-refractivity contribution in [2.75, 3.05) is 38.0 Å². The lowest BCUT2D eigenvalue weighted by Crippen LogP contribution is -2.41. The zero-order valence-corrected chi connectivity index (χ0v) is 13.6. The van der Waals surface area contributed by atoms with Crippen LogP contribution in [-0.2, 0) is 4.79 Å². The molecular weight excluding hydrogens is 320 g/mol. The van der Waals surface area contributed by atoms with Gasteiger partial charge in [0, 0.05) is 25.2 Å².